The molecule has 0 spiro atoms. The van der Waals surface area contributed by atoms with Gasteiger partial charge in [-0.25, -0.2) is 9.78 Å². The molecule has 2 rings (SSSR count). The minimum atomic E-state index is -0.438. The summed E-state index contributed by atoms with van der Waals surface area (Å²) in [7, 11) is 2.06. The van der Waals surface area contributed by atoms with Crippen LogP contribution in [0.1, 0.15) is 39.2 Å². The van der Waals surface area contributed by atoms with Crippen molar-refractivity contribution < 1.29 is 9.53 Å². The lowest BCUT2D eigenvalue weighted by Crippen LogP contribution is -2.45. The number of rotatable bonds is 3. The van der Waals surface area contributed by atoms with E-state index in [1.165, 1.54) is 5.56 Å². The normalized spacial score (nSPS) is 18.7. The molecule has 23 heavy (non-hydrogen) atoms. The van der Waals surface area contributed by atoms with Crippen molar-refractivity contribution >= 4 is 11.9 Å². The highest BCUT2D eigenvalue weighted by Gasteiger charge is 2.28. The second-order valence-electron chi connectivity index (χ2n) is 7.51. The van der Waals surface area contributed by atoms with Crippen LogP contribution in [0.2, 0.25) is 0 Å². The zero-order valence-electron chi connectivity index (χ0n) is 15.0. The van der Waals surface area contributed by atoms with E-state index in [2.05, 4.69) is 29.9 Å². The van der Waals surface area contributed by atoms with Crippen molar-refractivity contribution in [2.75, 3.05) is 31.6 Å². The second-order valence-corrected chi connectivity index (χ2v) is 7.51. The molecule has 2 heterocycles. The van der Waals surface area contributed by atoms with Gasteiger partial charge in [-0.1, -0.05) is 0 Å². The molecule has 1 aliphatic heterocycles. The van der Waals surface area contributed by atoms with Crippen molar-refractivity contribution in [2.24, 2.45) is 5.92 Å². The Kier molecular flexibility index (Phi) is 5.50. The van der Waals surface area contributed by atoms with E-state index < -0.39 is 5.60 Å². The first-order valence-corrected chi connectivity index (χ1v) is 8.36. The highest BCUT2D eigenvalue weighted by atomic mass is 16.6. The van der Waals surface area contributed by atoms with Crippen molar-refractivity contribution in [3.8, 4) is 0 Å². The maximum Gasteiger partial charge on any atom is 0.410 e. The summed E-state index contributed by atoms with van der Waals surface area (Å²) in [5.74, 6) is 1.43. The van der Waals surface area contributed by atoms with Crippen LogP contribution in [0.4, 0.5) is 10.6 Å². The summed E-state index contributed by atoms with van der Waals surface area (Å²) in [4.78, 5) is 20.7. The van der Waals surface area contributed by atoms with E-state index in [4.69, 9.17) is 4.74 Å². The van der Waals surface area contributed by atoms with Gasteiger partial charge in [0, 0.05) is 32.9 Å². The number of aromatic nitrogens is 1. The molecule has 1 saturated heterocycles. The number of hydrogen-bond donors (Lipinski definition) is 0. The SMILES string of the molecule is Cc1ccnc(N(C)CC2CCCN(C(=O)OC(C)(C)C)C2)c1. The van der Waals surface area contributed by atoms with Crippen LogP contribution >= 0.6 is 0 Å². The molecule has 0 bridgehead atoms. The van der Waals surface area contributed by atoms with E-state index in [9.17, 15) is 4.79 Å². The van der Waals surface area contributed by atoms with Crippen LogP contribution in [-0.2, 0) is 4.74 Å². The van der Waals surface area contributed by atoms with Gasteiger partial charge in [0.2, 0.25) is 0 Å². The molecule has 1 amide bonds. The quantitative estimate of drug-likeness (QED) is 0.856. The second kappa shape index (κ2) is 7.20. The number of carbonyl (C=O) groups is 1. The average molecular weight is 319 g/mol. The van der Waals surface area contributed by atoms with E-state index in [1.807, 2.05) is 37.9 Å². The molecule has 0 aliphatic carbocycles. The van der Waals surface area contributed by atoms with Crippen molar-refractivity contribution in [2.45, 2.75) is 46.1 Å². The third-order valence-corrected chi connectivity index (χ3v) is 3.99. The minimum Gasteiger partial charge on any atom is -0.444 e. The first-order valence-electron chi connectivity index (χ1n) is 8.36. The fourth-order valence-electron chi connectivity index (χ4n) is 2.92. The van der Waals surface area contributed by atoms with Crippen molar-refractivity contribution in [3.05, 3.63) is 23.9 Å². The Labute approximate surface area is 139 Å². The molecule has 0 N–H and O–H groups in total. The summed E-state index contributed by atoms with van der Waals surface area (Å²) in [6, 6.07) is 4.09. The van der Waals surface area contributed by atoms with Gasteiger partial charge < -0.3 is 14.5 Å². The van der Waals surface area contributed by atoms with Gasteiger partial charge in [-0.05, 0) is 64.2 Å². The lowest BCUT2D eigenvalue weighted by molar-refractivity contribution is 0.0170. The standard InChI is InChI=1S/C18H29N3O2/c1-14-8-9-19-16(11-14)20(5)12-15-7-6-10-21(13-15)17(22)23-18(2,3)4/h8-9,11,15H,6-7,10,12-13H2,1-5H3. The van der Waals surface area contributed by atoms with E-state index in [1.54, 1.807) is 0 Å². The Balaban J connectivity index is 1.92. The van der Waals surface area contributed by atoms with Crippen molar-refractivity contribution in [3.63, 3.8) is 0 Å². The Morgan fingerprint density at radius 1 is 1.48 bits per heavy atom. The number of anilines is 1. The van der Waals surface area contributed by atoms with Gasteiger partial charge in [0.05, 0.1) is 0 Å². The molecule has 1 fully saturated rings. The van der Waals surface area contributed by atoms with Crippen LogP contribution in [0.3, 0.4) is 0 Å². The average Bonchev–Trinajstić information content (AvgIpc) is 2.45. The molecule has 1 unspecified atom stereocenters. The predicted molar refractivity (Wildman–Crippen MR) is 92.8 cm³/mol. The summed E-state index contributed by atoms with van der Waals surface area (Å²) < 4.78 is 5.49. The summed E-state index contributed by atoms with van der Waals surface area (Å²) in [6.07, 6.45) is 3.81. The molecule has 0 radical (unpaired) electrons. The lowest BCUT2D eigenvalue weighted by atomic mass is 9.98. The first kappa shape index (κ1) is 17.6. The number of nitrogens with zero attached hydrogens (tertiary/aromatic N) is 3. The van der Waals surface area contributed by atoms with Crippen molar-refractivity contribution in [1.82, 2.24) is 9.88 Å². The number of aryl methyl sites for hydroxylation is 1. The van der Waals surface area contributed by atoms with E-state index >= 15 is 0 Å². The van der Waals surface area contributed by atoms with Crippen molar-refractivity contribution in [1.29, 1.82) is 0 Å². The Bertz CT molecular complexity index is 539. The summed E-state index contributed by atoms with van der Waals surface area (Å²) in [5.41, 5.74) is 0.771. The number of likely N-dealkylation sites (tertiary alicyclic amines) is 1. The van der Waals surface area contributed by atoms with E-state index in [0.717, 1.165) is 38.3 Å². The molecular formula is C18H29N3O2. The molecule has 0 saturated carbocycles. The van der Waals surface area contributed by atoms with E-state index in [-0.39, 0.29) is 6.09 Å². The van der Waals surface area contributed by atoms with Gasteiger partial charge in [0.25, 0.3) is 0 Å². The van der Waals surface area contributed by atoms with Gasteiger partial charge >= 0.3 is 6.09 Å². The number of amides is 1. The molecule has 1 atom stereocenters. The molecule has 1 aromatic rings. The predicted octanol–water partition coefficient (Wildman–Crippen LogP) is 3.47. The van der Waals surface area contributed by atoms with E-state index in [0.29, 0.717) is 5.92 Å². The number of carbonyl (C=O) groups excluding carboxylic acids is 1. The minimum absolute atomic E-state index is 0.196. The number of pyridine rings is 1. The van der Waals surface area contributed by atoms with Crippen LogP contribution in [0.25, 0.3) is 0 Å². The topological polar surface area (TPSA) is 45.7 Å². The zero-order valence-corrected chi connectivity index (χ0v) is 15.0. The smallest absolute Gasteiger partial charge is 0.410 e. The zero-order chi connectivity index (χ0) is 17.0. The van der Waals surface area contributed by atoms with Crippen LogP contribution in [0.15, 0.2) is 18.3 Å². The van der Waals surface area contributed by atoms with Crippen LogP contribution in [0, 0.1) is 12.8 Å². The largest absolute Gasteiger partial charge is 0.444 e. The fourth-order valence-corrected chi connectivity index (χ4v) is 2.92. The van der Waals surface area contributed by atoms with Gasteiger partial charge in [-0.3, -0.25) is 0 Å². The third-order valence-electron chi connectivity index (χ3n) is 3.99. The lowest BCUT2D eigenvalue weighted by Gasteiger charge is -2.35. The Morgan fingerprint density at radius 2 is 2.22 bits per heavy atom. The first-order chi connectivity index (χ1) is 10.7. The van der Waals surface area contributed by atoms with Gasteiger partial charge in [0.15, 0.2) is 0 Å². The fraction of sp³-hybridized carbons (Fsp3) is 0.667. The summed E-state index contributed by atoms with van der Waals surface area (Å²) in [6.45, 7) is 10.2. The monoisotopic (exact) mass is 319 g/mol. The maximum absolute atomic E-state index is 12.2. The highest BCUT2D eigenvalue weighted by Crippen LogP contribution is 2.21. The number of hydrogen-bond acceptors (Lipinski definition) is 4. The van der Waals surface area contributed by atoms with Crippen LogP contribution in [-0.4, -0.2) is 48.3 Å². The molecule has 5 nitrogen and oxygen atoms in total. The molecular weight excluding hydrogens is 290 g/mol. The molecule has 5 heteroatoms. The van der Waals surface area contributed by atoms with Crippen LogP contribution < -0.4 is 4.90 Å². The molecule has 1 aliphatic rings. The van der Waals surface area contributed by atoms with Crippen LogP contribution in [0.5, 0.6) is 0 Å². The molecule has 0 aromatic carbocycles. The van der Waals surface area contributed by atoms with Gasteiger partial charge in [0.1, 0.15) is 11.4 Å². The molecule has 1 aromatic heterocycles. The summed E-state index contributed by atoms with van der Waals surface area (Å²) >= 11 is 0. The number of piperidine rings is 1. The Hall–Kier alpha value is -1.78. The summed E-state index contributed by atoms with van der Waals surface area (Å²) in [5, 5.41) is 0. The maximum atomic E-state index is 12.2. The highest BCUT2D eigenvalue weighted by molar-refractivity contribution is 5.68. The Morgan fingerprint density at radius 3 is 2.87 bits per heavy atom. The molecule has 128 valence electrons. The van der Waals surface area contributed by atoms with Gasteiger partial charge in [-0.2, -0.15) is 0 Å². The third kappa shape index (κ3) is 5.41. The number of ether oxygens (including phenoxy) is 1. The van der Waals surface area contributed by atoms with Gasteiger partial charge in [-0.15, -0.1) is 0 Å².